The second-order valence-electron chi connectivity index (χ2n) is 12.5. The van der Waals surface area contributed by atoms with E-state index >= 15 is 0 Å². The van der Waals surface area contributed by atoms with Crippen molar-refractivity contribution < 1.29 is 0 Å². The van der Waals surface area contributed by atoms with E-state index < -0.39 is 0 Å². The average Bonchev–Trinajstić information content (AvgIpc) is 3.71. The zero-order chi connectivity index (χ0) is 33.0. The van der Waals surface area contributed by atoms with E-state index in [9.17, 15) is 0 Å². The van der Waals surface area contributed by atoms with Gasteiger partial charge in [-0.2, -0.15) is 0 Å². The van der Waals surface area contributed by atoms with Crippen LogP contribution in [0.15, 0.2) is 176 Å². The topological polar surface area (TPSA) is 48.5 Å². The highest BCUT2D eigenvalue weighted by Crippen LogP contribution is 2.38. The summed E-state index contributed by atoms with van der Waals surface area (Å²) in [6, 6.07) is 59.2. The molecule has 0 fully saturated rings. The third-order valence-corrected chi connectivity index (χ3v) is 9.58. The molecule has 0 amide bonds. The molecule has 234 valence electrons. The predicted octanol–water partition coefficient (Wildman–Crippen LogP) is 11.1. The van der Waals surface area contributed by atoms with Crippen molar-refractivity contribution in [3.8, 4) is 45.3 Å². The number of aromatic nitrogens is 5. The maximum Gasteiger partial charge on any atom is 0.162 e. The second-order valence-corrected chi connectivity index (χ2v) is 12.5. The van der Waals surface area contributed by atoms with Crippen molar-refractivity contribution >= 4 is 43.7 Å². The van der Waals surface area contributed by atoms with Gasteiger partial charge in [0.1, 0.15) is 11.5 Å². The number of benzene rings is 6. The summed E-state index contributed by atoms with van der Waals surface area (Å²) in [6.07, 6.45) is 1.99. The minimum Gasteiger partial charge on any atom is -0.309 e. The number of fused-ring (bicyclic) bond motifs is 6. The third kappa shape index (κ3) is 4.52. The minimum atomic E-state index is 0.674. The molecule has 0 aliphatic heterocycles. The molecule has 0 N–H and O–H groups in total. The normalized spacial score (nSPS) is 11.6. The third-order valence-electron chi connectivity index (χ3n) is 9.58. The lowest BCUT2D eigenvalue weighted by molar-refractivity contribution is 1.03. The molecule has 5 heteroatoms. The van der Waals surface area contributed by atoms with E-state index in [1.54, 1.807) is 0 Å². The smallest absolute Gasteiger partial charge is 0.162 e. The van der Waals surface area contributed by atoms with Crippen LogP contribution >= 0.6 is 0 Å². The fraction of sp³-hybridized carbons (Fsp3) is 0. The quantitative estimate of drug-likeness (QED) is 0.188. The Bertz CT molecular complexity index is 2800. The number of hydrogen-bond acceptors (Lipinski definition) is 3. The van der Waals surface area contributed by atoms with Crippen molar-refractivity contribution in [2.75, 3.05) is 0 Å². The lowest BCUT2D eigenvalue weighted by atomic mass is 10.0. The van der Waals surface area contributed by atoms with Crippen molar-refractivity contribution in [3.63, 3.8) is 0 Å². The Balaban J connectivity index is 1.17. The number of nitrogens with zero attached hydrogens (tertiary/aromatic N) is 5. The van der Waals surface area contributed by atoms with Crippen LogP contribution in [0.5, 0.6) is 0 Å². The van der Waals surface area contributed by atoms with E-state index in [0.29, 0.717) is 5.82 Å². The Morgan fingerprint density at radius 2 is 0.960 bits per heavy atom. The van der Waals surface area contributed by atoms with E-state index in [-0.39, 0.29) is 0 Å². The van der Waals surface area contributed by atoms with Gasteiger partial charge >= 0.3 is 0 Å². The molecule has 5 nitrogen and oxygen atoms in total. The molecule has 0 radical (unpaired) electrons. The molecular weight excluding hydrogens is 611 g/mol. The minimum absolute atomic E-state index is 0.674. The first-order valence-corrected chi connectivity index (χ1v) is 16.8. The van der Waals surface area contributed by atoms with Gasteiger partial charge in [0.15, 0.2) is 5.82 Å². The molecule has 50 heavy (non-hydrogen) atoms. The van der Waals surface area contributed by atoms with Crippen molar-refractivity contribution in [2.45, 2.75) is 0 Å². The van der Waals surface area contributed by atoms with Crippen LogP contribution in [0.3, 0.4) is 0 Å². The van der Waals surface area contributed by atoms with Gasteiger partial charge in [-0.3, -0.25) is 4.57 Å². The molecule has 0 saturated heterocycles. The molecular formula is C45H29N5. The molecule has 0 atom stereocenters. The Hall–Kier alpha value is -6.85. The maximum atomic E-state index is 5.17. The monoisotopic (exact) mass is 639 g/mol. The van der Waals surface area contributed by atoms with Crippen LogP contribution in [0.1, 0.15) is 0 Å². The Morgan fingerprint density at radius 1 is 0.380 bits per heavy atom. The molecule has 0 aliphatic carbocycles. The van der Waals surface area contributed by atoms with Crippen LogP contribution in [-0.4, -0.2) is 24.1 Å². The summed E-state index contributed by atoms with van der Waals surface area (Å²) in [5.74, 6) is 1.45. The highest BCUT2D eigenvalue weighted by atomic mass is 15.1. The van der Waals surface area contributed by atoms with Crippen LogP contribution in [0, 0.1) is 0 Å². The van der Waals surface area contributed by atoms with Crippen LogP contribution < -0.4 is 0 Å². The summed E-state index contributed by atoms with van der Waals surface area (Å²) in [7, 11) is 0. The molecule has 4 aromatic heterocycles. The van der Waals surface area contributed by atoms with E-state index in [4.69, 9.17) is 15.0 Å². The molecule has 0 unspecified atom stereocenters. The maximum absolute atomic E-state index is 5.17. The Labute approximate surface area is 288 Å². The van der Waals surface area contributed by atoms with Crippen LogP contribution in [-0.2, 0) is 0 Å². The Morgan fingerprint density at radius 3 is 1.70 bits per heavy atom. The van der Waals surface area contributed by atoms with E-state index in [0.717, 1.165) is 61.4 Å². The second kappa shape index (κ2) is 11.4. The van der Waals surface area contributed by atoms with Gasteiger partial charge in [-0.05, 0) is 48.0 Å². The summed E-state index contributed by atoms with van der Waals surface area (Å²) >= 11 is 0. The lowest BCUT2D eigenvalue weighted by Gasteiger charge is -2.12. The zero-order valence-corrected chi connectivity index (χ0v) is 27.0. The fourth-order valence-corrected chi connectivity index (χ4v) is 7.26. The number of rotatable bonds is 5. The summed E-state index contributed by atoms with van der Waals surface area (Å²) in [5.41, 5.74) is 10.5. The van der Waals surface area contributed by atoms with Crippen molar-refractivity contribution in [3.05, 3.63) is 176 Å². The van der Waals surface area contributed by atoms with Crippen molar-refractivity contribution in [1.29, 1.82) is 0 Å². The first-order chi connectivity index (χ1) is 24.8. The van der Waals surface area contributed by atoms with E-state index in [1.807, 2.05) is 42.6 Å². The molecule has 6 aromatic carbocycles. The van der Waals surface area contributed by atoms with Gasteiger partial charge in [0, 0.05) is 56.2 Å². The summed E-state index contributed by atoms with van der Waals surface area (Å²) in [6.45, 7) is 0. The van der Waals surface area contributed by atoms with Crippen LogP contribution in [0.4, 0.5) is 0 Å². The first kappa shape index (κ1) is 28.2. The van der Waals surface area contributed by atoms with Gasteiger partial charge in [0.05, 0.1) is 22.2 Å². The Kier molecular flexibility index (Phi) is 6.42. The fourth-order valence-electron chi connectivity index (χ4n) is 7.26. The predicted molar refractivity (Wildman–Crippen MR) is 205 cm³/mol. The molecule has 0 aliphatic rings. The van der Waals surface area contributed by atoms with Gasteiger partial charge in [0.2, 0.25) is 0 Å². The van der Waals surface area contributed by atoms with Crippen LogP contribution in [0.2, 0.25) is 0 Å². The van der Waals surface area contributed by atoms with Gasteiger partial charge < -0.3 is 4.57 Å². The van der Waals surface area contributed by atoms with Gasteiger partial charge in [-0.25, -0.2) is 15.0 Å². The largest absolute Gasteiger partial charge is 0.309 e. The molecule has 10 aromatic rings. The first-order valence-electron chi connectivity index (χ1n) is 16.8. The molecule has 0 bridgehead atoms. The molecule has 0 spiro atoms. The summed E-state index contributed by atoms with van der Waals surface area (Å²) in [4.78, 5) is 15.3. The van der Waals surface area contributed by atoms with E-state index in [2.05, 4.69) is 143 Å². The number of hydrogen-bond donors (Lipinski definition) is 0. The van der Waals surface area contributed by atoms with Crippen molar-refractivity contribution in [2.24, 2.45) is 0 Å². The molecule has 10 rings (SSSR count). The average molecular weight is 640 g/mol. The molecule has 0 saturated carbocycles. The van der Waals surface area contributed by atoms with Gasteiger partial charge in [-0.1, -0.05) is 121 Å². The van der Waals surface area contributed by atoms with Gasteiger partial charge in [0.25, 0.3) is 0 Å². The lowest BCUT2D eigenvalue weighted by Crippen LogP contribution is -2.03. The van der Waals surface area contributed by atoms with Crippen LogP contribution in [0.25, 0.3) is 89.0 Å². The summed E-state index contributed by atoms with van der Waals surface area (Å²) in [5, 5.41) is 4.64. The highest BCUT2D eigenvalue weighted by molar-refractivity contribution is 6.12. The SMILES string of the molecule is c1ccc(-c2cc(-n3c4ccccc4c4cc(-c5ccc6c(c5)c5ccccc5n6-c5ccccc5)cnc43)nc(-c3ccccc3)n2)cc1. The standard InChI is InChI=1S/C45H29N5/c1-4-14-30(15-5-1)39-28-43(48-44(47-39)31-16-6-2-7-17-31)50-41-23-13-11-21-36(41)38-27-33(29-46-45(38)50)32-24-25-42-37(26-32)35-20-10-12-22-40(35)49(42)34-18-8-3-9-19-34/h1-29H. The molecule has 4 heterocycles. The number of pyridine rings is 1. The van der Waals surface area contributed by atoms with Gasteiger partial charge in [-0.15, -0.1) is 0 Å². The zero-order valence-electron chi connectivity index (χ0n) is 27.0. The van der Waals surface area contributed by atoms with Crippen molar-refractivity contribution in [1.82, 2.24) is 24.1 Å². The van der Waals surface area contributed by atoms with E-state index in [1.165, 1.54) is 21.8 Å². The number of para-hydroxylation sites is 3. The highest BCUT2D eigenvalue weighted by Gasteiger charge is 2.19. The summed E-state index contributed by atoms with van der Waals surface area (Å²) < 4.78 is 4.52.